The Morgan fingerprint density at radius 2 is 2.02 bits per heavy atom. The Labute approximate surface area is 261 Å². The van der Waals surface area contributed by atoms with Gasteiger partial charge in [0, 0.05) is 31.0 Å². The van der Waals surface area contributed by atoms with Gasteiger partial charge in [-0.25, -0.2) is 9.37 Å². The van der Waals surface area contributed by atoms with Crippen LogP contribution in [-0.4, -0.2) is 80.3 Å². The van der Waals surface area contributed by atoms with Gasteiger partial charge < -0.3 is 34.9 Å². The van der Waals surface area contributed by atoms with E-state index in [1.54, 1.807) is 0 Å². The molecule has 0 spiro atoms. The number of nitrogen functional groups attached to an aromatic ring is 1. The molecule has 1 aliphatic carbocycles. The number of hydrogen-bond donors (Lipinski definition) is 2. The molecule has 0 radical (unpaired) electrons. The maximum atomic E-state index is 16.9. The number of aromatic nitrogens is 3. The van der Waals surface area contributed by atoms with Crippen molar-refractivity contribution in [1.82, 2.24) is 20.3 Å². The summed E-state index contributed by atoms with van der Waals surface area (Å²) in [6, 6.07) is 0.789. The fourth-order valence-corrected chi connectivity index (χ4v) is 7.38. The molecule has 3 N–H and O–H groups in total. The number of rotatable bonds is 7. The van der Waals surface area contributed by atoms with E-state index in [9.17, 15) is 13.2 Å². The smallest absolute Gasteiger partial charge is 0.418 e. The van der Waals surface area contributed by atoms with Crippen molar-refractivity contribution in [2.45, 2.75) is 44.5 Å². The van der Waals surface area contributed by atoms with Crippen molar-refractivity contribution in [3.63, 3.8) is 0 Å². The van der Waals surface area contributed by atoms with E-state index in [1.807, 2.05) is 11.9 Å². The lowest BCUT2D eigenvalue weighted by atomic mass is 9.71. The van der Waals surface area contributed by atoms with Gasteiger partial charge in [-0.05, 0) is 44.9 Å². The Bertz CT molecular complexity index is 1650. The lowest BCUT2D eigenvalue weighted by Gasteiger charge is -2.42. The highest BCUT2D eigenvalue weighted by Gasteiger charge is 2.52. The Hall–Kier alpha value is -3.20. The standard InChI is InChI=1S/C30H33ClF4N6O4/c1-14-7-18(36)38-24(21(14)30(33,34)35)19-22(31)26-20-25(23(19)32)39-28(45-13-29-8-16(9-29)44-12-29)40-27(20)41(5-4-37-2)17-11-42-6-3-15(17)10-43-26/h7,15-17,37H,3-6,8-13H2,1-2H3,(H2,36,38). The van der Waals surface area contributed by atoms with E-state index < -0.39 is 28.8 Å². The Morgan fingerprint density at radius 1 is 1.22 bits per heavy atom. The molecular formula is C30H33ClF4N6O4. The van der Waals surface area contributed by atoms with Crippen LogP contribution in [-0.2, 0) is 15.7 Å². The molecule has 2 atom stereocenters. The van der Waals surface area contributed by atoms with Gasteiger partial charge in [0.05, 0.1) is 65.8 Å². The molecule has 6 heterocycles. The highest BCUT2D eigenvalue weighted by atomic mass is 35.5. The maximum absolute atomic E-state index is 16.9. The minimum Gasteiger partial charge on any atom is -0.491 e. The number of hydrogen-bond acceptors (Lipinski definition) is 10. The number of likely N-dealkylation sites (N-methyl/N-ethyl adjacent to an activating group) is 1. The van der Waals surface area contributed by atoms with Crippen LogP contribution in [0.5, 0.6) is 11.8 Å². The highest BCUT2D eigenvalue weighted by Crippen LogP contribution is 2.52. The molecule has 3 aromatic rings. The van der Waals surface area contributed by atoms with Crippen LogP contribution in [0.15, 0.2) is 6.07 Å². The fraction of sp³-hybridized carbons (Fsp3) is 0.567. The van der Waals surface area contributed by atoms with Crippen molar-refractivity contribution >= 4 is 34.1 Å². The summed E-state index contributed by atoms with van der Waals surface area (Å²) in [7, 11) is 1.82. The molecule has 2 bridgehead atoms. The van der Waals surface area contributed by atoms with Crippen LogP contribution in [0.1, 0.15) is 30.4 Å². The van der Waals surface area contributed by atoms with E-state index in [0.29, 0.717) is 45.1 Å². The fourth-order valence-electron chi connectivity index (χ4n) is 7.06. The number of fused-ring (bicyclic) bond motifs is 2. The highest BCUT2D eigenvalue weighted by molar-refractivity contribution is 6.36. The molecule has 0 amide bonds. The molecule has 4 fully saturated rings. The lowest BCUT2D eigenvalue weighted by Crippen LogP contribution is -2.51. The first-order valence-corrected chi connectivity index (χ1v) is 15.3. The Kier molecular flexibility index (Phi) is 7.61. The normalized spacial score (nSPS) is 25.8. The second kappa shape index (κ2) is 11.2. The topological polar surface area (TPSA) is 117 Å². The lowest BCUT2D eigenvalue weighted by molar-refractivity contribution is -0.137. The molecule has 4 aliphatic heterocycles. The van der Waals surface area contributed by atoms with Gasteiger partial charge in [0.1, 0.15) is 17.2 Å². The molecule has 2 unspecified atom stereocenters. The number of halogens is 5. The summed E-state index contributed by atoms with van der Waals surface area (Å²) in [4.78, 5) is 15.2. The van der Waals surface area contributed by atoms with Gasteiger partial charge >= 0.3 is 12.2 Å². The van der Waals surface area contributed by atoms with E-state index in [2.05, 4.69) is 15.3 Å². The summed E-state index contributed by atoms with van der Waals surface area (Å²) in [6.45, 7) is 4.10. The van der Waals surface area contributed by atoms with Crippen molar-refractivity contribution < 1.29 is 36.5 Å². The first-order chi connectivity index (χ1) is 21.5. The molecule has 8 rings (SSSR count). The van der Waals surface area contributed by atoms with E-state index >= 15 is 4.39 Å². The molecule has 242 valence electrons. The quantitative estimate of drug-likeness (QED) is 0.346. The van der Waals surface area contributed by atoms with Crippen LogP contribution in [0.4, 0.5) is 29.2 Å². The Morgan fingerprint density at radius 3 is 2.73 bits per heavy atom. The maximum Gasteiger partial charge on any atom is 0.418 e. The number of nitrogens with zero attached hydrogens (tertiary/aromatic N) is 4. The van der Waals surface area contributed by atoms with E-state index in [4.69, 9.17) is 41.3 Å². The third-order valence-corrected chi connectivity index (χ3v) is 9.70. The number of nitrogens with two attached hydrogens (primary N) is 1. The van der Waals surface area contributed by atoms with Gasteiger partial charge in [-0.3, -0.25) is 0 Å². The zero-order valence-electron chi connectivity index (χ0n) is 24.8. The number of pyridine rings is 1. The van der Waals surface area contributed by atoms with Crippen LogP contribution < -0.4 is 25.4 Å². The number of aryl methyl sites for hydroxylation is 1. The molecular weight excluding hydrogens is 620 g/mol. The molecule has 15 heteroatoms. The van der Waals surface area contributed by atoms with Crippen LogP contribution in [0.2, 0.25) is 5.02 Å². The molecule has 10 nitrogen and oxygen atoms in total. The molecule has 45 heavy (non-hydrogen) atoms. The summed E-state index contributed by atoms with van der Waals surface area (Å²) in [5, 5.41) is 2.91. The summed E-state index contributed by atoms with van der Waals surface area (Å²) in [5.41, 5.74) is 2.70. The third-order valence-electron chi connectivity index (χ3n) is 9.34. The van der Waals surface area contributed by atoms with Crippen LogP contribution in [0.25, 0.3) is 22.2 Å². The largest absolute Gasteiger partial charge is 0.491 e. The van der Waals surface area contributed by atoms with Gasteiger partial charge in [-0.1, -0.05) is 11.6 Å². The second-order valence-electron chi connectivity index (χ2n) is 12.4. The van der Waals surface area contributed by atoms with E-state index in [1.165, 1.54) is 6.92 Å². The summed E-state index contributed by atoms with van der Waals surface area (Å²) < 4.78 is 84.2. The number of alkyl halides is 3. The van der Waals surface area contributed by atoms with Gasteiger partial charge in [0.25, 0.3) is 0 Å². The summed E-state index contributed by atoms with van der Waals surface area (Å²) >= 11 is 6.85. The monoisotopic (exact) mass is 652 g/mol. The molecule has 1 saturated carbocycles. The van der Waals surface area contributed by atoms with Gasteiger partial charge in [0.15, 0.2) is 11.6 Å². The van der Waals surface area contributed by atoms with Gasteiger partial charge in [0.2, 0.25) is 0 Å². The van der Waals surface area contributed by atoms with Crippen molar-refractivity contribution in [3.05, 3.63) is 28.0 Å². The molecule has 2 aromatic heterocycles. The van der Waals surface area contributed by atoms with Crippen molar-refractivity contribution in [2.75, 3.05) is 63.8 Å². The number of benzene rings is 1. The average Bonchev–Trinajstić information content (AvgIpc) is 3.57. The van der Waals surface area contributed by atoms with Crippen LogP contribution >= 0.6 is 11.6 Å². The zero-order valence-corrected chi connectivity index (χ0v) is 25.5. The van der Waals surface area contributed by atoms with Crippen LogP contribution in [0.3, 0.4) is 0 Å². The first-order valence-electron chi connectivity index (χ1n) is 14.9. The number of nitrogens with one attached hydrogen (secondary N) is 1. The van der Waals surface area contributed by atoms with E-state index in [-0.39, 0.29) is 75.8 Å². The molecule has 1 aromatic carbocycles. The minimum atomic E-state index is -4.88. The van der Waals surface area contributed by atoms with Crippen LogP contribution in [0, 0.1) is 24.1 Å². The predicted molar refractivity (Wildman–Crippen MR) is 158 cm³/mol. The van der Waals surface area contributed by atoms with Crippen molar-refractivity contribution in [1.29, 1.82) is 0 Å². The SMILES string of the molecule is CNCCN1c2nc(OCC34COC(C3)C4)nc3c(F)c(-c4nc(N)cc(C)c4C(F)(F)F)c(Cl)c(c23)OCC2CCOCC21. The number of anilines is 2. The van der Waals surface area contributed by atoms with Gasteiger partial charge in [-0.15, -0.1) is 0 Å². The molecule has 5 aliphatic rings. The Balaban J connectivity index is 1.48. The second-order valence-corrected chi connectivity index (χ2v) is 12.8. The number of ether oxygens (including phenoxy) is 4. The predicted octanol–water partition coefficient (Wildman–Crippen LogP) is 4.77. The molecule has 3 saturated heterocycles. The summed E-state index contributed by atoms with van der Waals surface area (Å²) in [6.07, 6.45) is -2.33. The van der Waals surface area contributed by atoms with Crippen molar-refractivity contribution in [2.24, 2.45) is 11.3 Å². The third kappa shape index (κ3) is 5.19. The van der Waals surface area contributed by atoms with Gasteiger partial charge in [-0.2, -0.15) is 23.1 Å². The minimum absolute atomic E-state index is 0.0244. The zero-order chi connectivity index (χ0) is 31.7. The summed E-state index contributed by atoms with van der Waals surface area (Å²) in [5.74, 6) is -1.10. The van der Waals surface area contributed by atoms with E-state index in [0.717, 1.165) is 18.9 Å². The van der Waals surface area contributed by atoms with Crippen molar-refractivity contribution in [3.8, 4) is 23.0 Å². The first kappa shape index (κ1) is 30.5. The average molecular weight is 653 g/mol.